The number of hydrogen-bond donors (Lipinski definition) is 1. The molecule has 0 aromatic rings. The van der Waals surface area contributed by atoms with E-state index in [9.17, 15) is 4.79 Å². The van der Waals surface area contributed by atoms with Crippen LogP contribution in [0.4, 0.5) is 0 Å². The molecule has 0 atom stereocenters. The third-order valence-corrected chi connectivity index (χ3v) is 4.81. The van der Waals surface area contributed by atoms with E-state index in [1.807, 2.05) is 13.8 Å². The summed E-state index contributed by atoms with van der Waals surface area (Å²) in [6, 6.07) is 0. The zero-order valence-electron chi connectivity index (χ0n) is 18.9. The number of hydrogen-bond acceptors (Lipinski definition) is 3. The van der Waals surface area contributed by atoms with Crippen LogP contribution in [-0.2, 0) is 14.3 Å². The highest BCUT2D eigenvalue weighted by molar-refractivity contribution is 9.09. The molecule has 5 heteroatoms. The van der Waals surface area contributed by atoms with E-state index in [0.29, 0.717) is 13.0 Å². The first-order valence-corrected chi connectivity index (χ1v) is 12.6. The molecule has 0 bridgehead atoms. The van der Waals surface area contributed by atoms with Crippen molar-refractivity contribution < 1.29 is 19.4 Å². The minimum Gasteiger partial charge on any atom is -0.483 e. The molecule has 0 aliphatic rings. The maximum absolute atomic E-state index is 10.4. The second-order valence-electron chi connectivity index (χ2n) is 6.95. The molecule has 0 heterocycles. The van der Waals surface area contributed by atoms with E-state index in [2.05, 4.69) is 27.6 Å². The second kappa shape index (κ2) is 34.0. The third kappa shape index (κ3) is 40.2. The van der Waals surface area contributed by atoms with Gasteiger partial charge < -0.3 is 9.84 Å². The Hall–Kier alpha value is -0.580. The van der Waals surface area contributed by atoms with Crippen molar-refractivity contribution in [1.29, 1.82) is 0 Å². The van der Waals surface area contributed by atoms with Crippen LogP contribution in [0.5, 0.6) is 0 Å². The van der Waals surface area contributed by atoms with Crippen molar-refractivity contribution in [3.8, 4) is 0 Å². The summed E-state index contributed by atoms with van der Waals surface area (Å²) in [7, 11) is 0. The molecule has 0 fully saturated rings. The topological polar surface area (TPSA) is 63.6 Å². The van der Waals surface area contributed by atoms with Crippen LogP contribution in [0.2, 0.25) is 0 Å². The zero-order chi connectivity index (χ0) is 21.7. The van der Waals surface area contributed by atoms with Crippen molar-refractivity contribution in [2.75, 3.05) is 11.9 Å². The van der Waals surface area contributed by atoms with Crippen molar-refractivity contribution in [3.63, 3.8) is 0 Å². The summed E-state index contributed by atoms with van der Waals surface area (Å²) in [5.74, 6) is -0.0880. The molecule has 0 saturated carbocycles. The lowest BCUT2D eigenvalue weighted by Gasteiger charge is -2.02. The Morgan fingerprint density at radius 1 is 0.750 bits per heavy atom. The smallest absolute Gasteiger partial charge is 0.305 e. The average Bonchev–Trinajstić information content (AvgIpc) is 2.67. The molecule has 0 aliphatic heterocycles. The molecular formula is C23H47BrO4. The van der Waals surface area contributed by atoms with E-state index in [-0.39, 0.29) is 12.4 Å². The van der Waals surface area contributed by atoms with Crippen molar-refractivity contribution in [2.45, 2.75) is 124 Å². The Morgan fingerprint density at radius 2 is 1.11 bits per heavy atom. The van der Waals surface area contributed by atoms with Crippen molar-refractivity contribution >= 4 is 28.4 Å². The number of halogens is 1. The highest BCUT2D eigenvalue weighted by Gasteiger charge is 1.95. The largest absolute Gasteiger partial charge is 0.483 e. The van der Waals surface area contributed by atoms with Crippen molar-refractivity contribution in [1.82, 2.24) is 0 Å². The molecule has 0 spiro atoms. The summed E-state index contributed by atoms with van der Waals surface area (Å²) >= 11 is 3.48. The Bertz CT molecular complexity index is 264. The van der Waals surface area contributed by atoms with Crippen LogP contribution in [0.25, 0.3) is 0 Å². The van der Waals surface area contributed by atoms with E-state index < -0.39 is 0 Å². The van der Waals surface area contributed by atoms with E-state index in [1.165, 1.54) is 95.2 Å². The highest BCUT2D eigenvalue weighted by Crippen LogP contribution is 2.13. The Labute approximate surface area is 183 Å². The van der Waals surface area contributed by atoms with Crippen molar-refractivity contribution in [2.24, 2.45) is 0 Å². The van der Waals surface area contributed by atoms with Crippen LogP contribution in [0.1, 0.15) is 124 Å². The predicted molar refractivity (Wildman–Crippen MR) is 124 cm³/mol. The minimum absolute atomic E-state index is 0.0880. The van der Waals surface area contributed by atoms with E-state index >= 15 is 0 Å². The van der Waals surface area contributed by atoms with Gasteiger partial charge in [0, 0.05) is 11.8 Å². The van der Waals surface area contributed by atoms with Gasteiger partial charge in [-0.15, -0.1) is 0 Å². The fourth-order valence-electron chi connectivity index (χ4n) is 2.73. The number of rotatable bonds is 17. The number of unbranched alkanes of at least 4 members (excludes halogenated alkanes) is 13. The molecule has 1 N–H and O–H groups in total. The summed E-state index contributed by atoms with van der Waals surface area (Å²) in [4.78, 5) is 18.8. The summed E-state index contributed by atoms with van der Waals surface area (Å²) in [5, 5.41) is 8.07. The summed E-state index contributed by atoms with van der Waals surface area (Å²) in [5.41, 5.74) is 0. The lowest BCUT2D eigenvalue weighted by molar-refractivity contribution is -0.143. The van der Waals surface area contributed by atoms with Gasteiger partial charge in [-0.1, -0.05) is 113 Å². The standard InChI is InChI=1S/C16H33Br.C6H12O2.CH2O2/c1-2-3-4-5-6-7-8-9-10-11-12-13-14-15-16-17;1-3-5-6(7)8-4-2;2-1-3/h2-16H2,1H3;3-5H2,1-2H3;1H,(H,2,3). The summed E-state index contributed by atoms with van der Waals surface area (Å²) < 4.78 is 4.64. The monoisotopic (exact) mass is 466 g/mol. The number of esters is 1. The summed E-state index contributed by atoms with van der Waals surface area (Å²) in [6.07, 6.45) is 21.7. The van der Waals surface area contributed by atoms with Gasteiger partial charge in [0.25, 0.3) is 6.47 Å². The van der Waals surface area contributed by atoms with Crippen LogP contribution in [0, 0.1) is 0 Å². The van der Waals surface area contributed by atoms with Crippen molar-refractivity contribution in [3.05, 3.63) is 0 Å². The first-order chi connectivity index (χ1) is 13.6. The molecule has 0 radical (unpaired) electrons. The first kappa shape index (κ1) is 32.1. The van der Waals surface area contributed by atoms with Crippen LogP contribution >= 0.6 is 15.9 Å². The Balaban J connectivity index is -0.000000471. The molecule has 0 unspecified atom stereocenters. The average molecular weight is 468 g/mol. The van der Waals surface area contributed by atoms with E-state index in [0.717, 1.165) is 6.42 Å². The number of carbonyl (C=O) groups excluding carboxylic acids is 1. The van der Waals surface area contributed by atoms with Crippen LogP contribution in [0.3, 0.4) is 0 Å². The molecule has 0 aromatic carbocycles. The second-order valence-corrected chi connectivity index (χ2v) is 7.74. The van der Waals surface area contributed by atoms with E-state index in [1.54, 1.807) is 0 Å². The van der Waals surface area contributed by atoms with Gasteiger partial charge in [0.1, 0.15) is 0 Å². The molecule has 0 aliphatic carbocycles. The molecule has 0 saturated heterocycles. The number of ether oxygens (including phenoxy) is 1. The van der Waals surface area contributed by atoms with Gasteiger partial charge in [0.05, 0.1) is 6.61 Å². The quantitative estimate of drug-likeness (QED) is 0.102. The predicted octanol–water partition coefficient (Wildman–Crippen LogP) is 7.91. The first-order valence-electron chi connectivity index (χ1n) is 11.4. The fraction of sp³-hybridized carbons (Fsp3) is 0.913. The van der Waals surface area contributed by atoms with Gasteiger partial charge in [0.15, 0.2) is 0 Å². The molecular weight excluding hydrogens is 420 g/mol. The lowest BCUT2D eigenvalue weighted by Crippen LogP contribution is -2.01. The van der Waals surface area contributed by atoms with Gasteiger partial charge in [-0.25, -0.2) is 0 Å². The van der Waals surface area contributed by atoms with Gasteiger partial charge in [0.2, 0.25) is 0 Å². The Morgan fingerprint density at radius 3 is 1.39 bits per heavy atom. The van der Waals surface area contributed by atoms with Crippen LogP contribution < -0.4 is 0 Å². The SMILES string of the molecule is CCCC(=O)OCC.CCCCCCCCCCCCCCCCBr.O=CO. The molecule has 0 rings (SSSR count). The highest BCUT2D eigenvalue weighted by atomic mass is 79.9. The fourth-order valence-corrected chi connectivity index (χ4v) is 3.12. The molecule has 0 aromatic heterocycles. The van der Waals surface area contributed by atoms with Crippen LogP contribution in [0.15, 0.2) is 0 Å². The maximum Gasteiger partial charge on any atom is 0.305 e. The van der Waals surface area contributed by atoms with Gasteiger partial charge in [-0.3, -0.25) is 9.59 Å². The van der Waals surface area contributed by atoms with Gasteiger partial charge >= 0.3 is 5.97 Å². The molecule has 28 heavy (non-hydrogen) atoms. The normalized spacial score (nSPS) is 9.57. The molecule has 0 amide bonds. The molecule has 4 nitrogen and oxygen atoms in total. The third-order valence-electron chi connectivity index (χ3n) is 4.25. The molecule has 170 valence electrons. The van der Waals surface area contributed by atoms with Gasteiger partial charge in [-0.05, 0) is 19.8 Å². The lowest BCUT2D eigenvalue weighted by atomic mass is 10.0. The summed E-state index contributed by atoms with van der Waals surface area (Å²) in [6.45, 7) is 6.31. The minimum atomic E-state index is -0.250. The van der Waals surface area contributed by atoms with Gasteiger partial charge in [-0.2, -0.15) is 0 Å². The number of alkyl halides is 1. The number of carbonyl (C=O) groups is 2. The Kier molecular flexibility index (Phi) is 38.9. The maximum atomic E-state index is 10.4. The zero-order valence-corrected chi connectivity index (χ0v) is 20.4. The van der Waals surface area contributed by atoms with E-state index in [4.69, 9.17) is 9.90 Å². The van der Waals surface area contributed by atoms with Crippen LogP contribution in [-0.4, -0.2) is 29.5 Å². The number of carboxylic acid groups (broad SMARTS) is 1.